The molecule has 0 aliphatic carbocycles. The van der Waals surface area contributed by atoms with Crippen molar-refractivity contribution in [1.82, 2.24) is 4.98 Å². The highest BCUT2D eigenvalue weighted by Gasteiger charge is 2.17. The average molecular weight is 242 g/mol. The van der Waals surface area contributed by atoms with E-state index in [1.54, 1.807) is 0 Å². The van der Waals surface area contributed by atoms with Crippen molar-refractivity contribution >= 4 is 33.6 Å². The molecule has 2 nitrogen and oxygen atoms in total. The maximum atomic E-state index is 12.0. The number of rotatable bonds is 2. The topological polar surface area (TPSA) is 30.0 Å². The molecule has 0 unspecified atom stereocenters. The molecular weight excluding hydrogens is 240 g/mol. The van der Waals surface area contributed by atoms with Crippen LogP contribution in [0.5, 0.6) is 0 Å². The van der Waals surface area contributed by atoms with E-state index in [4.69, 9.17) is 0 Å². The van der Waals surface area contributed by atoms with Crippen LogP contribution in [-0.4, -0.2) is 11.3 Å². The van der Waals surface area contributed by atoms with E-state index in [0.717, 1.165) is 11.3 Å². The summed E-state index contributed by atoms with van der Waals surface area (Å²) in [6.45, 7) is 0. The summed E-state index contributed by atoms with van der Waals surface area (Å²) in [5.74, 6) is 0. The lowest BCUT2D eigenvalue weighted by molar-refractivity contribution is 0.110. The van der Waals surface area contributed by atoms with Gasteiger partial charge in [0, 0.05) is 0 Å². The molecule has 0 atom stereocenters. The normalized spacial score (nSPS) is 10.5. The van der Waals surface area contributed by atoms with Crippen molar-refractivity contribution in [2.45, 2.75) is 6.43 Å². The number of aldehydes is 1. The highest BCUT2D eigenvalue weighted by molar-refractivity contribution is 9.11. The van der Waals surface area contributed by atoms with Gasteiger partial charge in [0.2, 0.25) is 0 Å². The van der Waals surface area contributed by atoms with E-state index in [1.807, 2.05) is 0 Å². The maximum Gasteiger partial charge on any atom is 0.281 e. The van der Waals surface area contributed by atoms with Crippen molar-refractivity contribution in [3.8, 4) is 0 Å². The minimum absolute atomic E-state index is 0.0214. The van der Waals surface area contributed by atoms with Crippen LogP contribution in [0.2, 0.25) is 0 Å². The van der Waals surface area contributed by atoms with Gasteiger partial charge in [-0.05, 0) is 15.9 Å². The summed E-state index contributed by atoms with van der Waals surface area (Å²) in [6, 6.07) is 0. The van der Waals surface area contributed by atoms with Gasteiger partial charge < -0.3 is 0 Å². The molecule has 1 heterocycles. The Morgan fingerprint density at radius 2 is 2.27 bits per heavy atom. The fourth-order valence-electron chi connectivity index (χ4n) is 0.556. The van der Waals surface area contributed by atoms with Crippen molar-refractivity contribution in [2.24, 2.45) is 0 Å². The lowest BCUT2D eigenvalue weighted by atomic mass is 10.4. The Labute approximate surface area is 73.4 Å². The molecule has 0 fully saturated rings. The molecule has 0 aromatic carbocycles. The first-order valence-electron chi connectivity index (χ1n) is 2.54. The Morgan fingerprint density at radius 1 is 1.64 bits per heavy atom. The standard InChI is InChI=1S/C5H2BrF2NOS/c6-5-9-3(4(7)8)2(1-10)11-5/h1,4H. The van der Waals surface area contributed by atoms with E-state index < -0.39 is 12.1 Å². The molecule has 1 aromatic rings. The highest BCUT2D eigenvalue weighted by atomic mass is 79.9. The molecule has 0 spiro atoms. The SMILES string of the molecule is O=Cc1sc(Br)nc1C(F)F. The maximum absolute atomic E-state index is 12.0. The predicted molar refractivity (Wildman–Crippen MR) is 40.2 cm³/mol. The number of carbonyl (C=O) groups excluding carboxylic acids is 1. The number of alkyl halides is 2. The Balaban J connectivity index is 3.11. The number of thiazole rings is 1. The number of nitrogens with zero attached hydrogens (tertiary/aromatic N) is 1. The Hall–Kier alpha value is -0.360. The largest absolute Gasteiger partial charge is 0.297 e. The van der Waals surface area contributed by atoms with Crippen molar-refractivity contribution < 1.29 is 13.6 Å². The van der Waals surface area contributed by atoms with Crippen LogP contribution in [0, 0.1) is 0 Å². The fourth-order valence-corrected chi connectivity index (χ4v) is 1.88. The molecule has 0 amide bonds. The molecule has 0 bridgehead atoms. The van der Waals surface area contributed by atoms with Gasteiger partial charge in [0.1, 0.15) is 5.69 Å². The third kappa shape index (κ3) is 1.81. The van der Waals surface area contributed by atoms with Crippen molar-refractivity contribution in [3.63, 3.8) is 0 Å². The van der Waals surface area contributed by atoms with Crippen LogP contribution in [0.4, 0.5) is 8.78 Å². The number of hydrogen-bond acceptors (Lipinski definition) is 3. The summed E-state index contributed by atoms with van der Waals surface area (Å²) in [7, 11) is 0. The molecule has 0 aliphatic heterocycles. The van der Waals surface area contributed by atoms with Crippen LogP contribution < -0.4 is 0 Å². The third-order valence-corrected chi connectivity index (χ3v) is 2.42. The van der Waals surface area contributed by atoms with Gasteiger partial charge in [-0.1, -0.05) is 0 Å². The number of hydrogen-bond donors (Lipinski definition) is 0. The van der Waals surface area contributed by atoms with Gasteiger partial charge in [-0.15, -0.1) is 11.3 Å². The summed E-state index contributed by atoms with van der Waals surface area (Å²) >= 11 is 3.81. The molecule has 0 N–H and O–H groups in total. The number of aromatic nitrogens is 1. The molecule has 6 heteroatoms. The van der Waals surface area contributed by atoms with E-state index in [-0.39, 0.29) is 4.88 Å². The zero-order valence-corrected chi connectivity index (χ0v) is 7.45. The molecule has 0 aliphatic rings. The van der Waals surface area contributed by atoms with Crippen LogP contribution in [-0.2, 0) is 0 Å². The molecule has 11 heavy (non-hydrogen) atoms. The van der Waals surface area contributed by atoms with Crippen molar-refractivity contribution in [2.75, 3.05) is 0 Å². The van der Waals surface area contributed by atoms with Gasteiger partial charge in [0.25, 0.3) is 6.43 Å². The van der Waals surface area contributed by atoms with Crippen LogP contribution >= 0.6 is 27.3 Å². The second-order valence-corrected chi connectivity index (χ2v) is 3.94. The second kappa shape index (κ2) is 3.36. The second-order valence-electron chi connectivity index (χ2n) is 1.63. The van der Waals surface area contributed by atoms with Crippen LogP contribution in [0.1, 0.15) is 21.8 Å². The minimum Gasteiger partial charge on any atom is -0.297 e. The molecule has 60 valence electrons. The van der Waals surface area contributed by atoms with Gasteiger partial charge in [-0.2, -0.15) is 0 Å². The summed E-state index contributed by atoms with van der Waals surface area (Å²) in [5.41, 5.74) is -0.447. The Bertz CT molecular complexity index is 275. The predicted octanol–water partition coefficient (Wildman–Crippen LogP) is 2.66. The van der Waals surface area contributed by atoms with E-state index >= 15 is 0 Å². The average Bonchev–Trinajstić information content (AvgIpc) is 2.30. The van der Waals surface area contributed by atoms with E-state index in [0.29, 0.717) is 10.2 Å². The number of halogens is 3. The first-order valence-corrected chi connectivity index (χ1v) is 4.15. The van der Waals surface area contributed by atoms with Gasteiger partial charge in [-0.3, -0.25) is 4.79 Å². The van der Waals surface area contributed by atoms with E-state index in [1.165, 1.54) is 0 Å². The van der Waals surface area contributed by atoms with E-state index in [2.05, 4.69) is 20.9 Å². The third-order valence-electron chi connectivity index (χ3n) is 0.969. The first-order chi connectivity index (χ1) is 5.15. The summed E-state index contributed by atoms with van der Waals surface area (Å²) in [5, 5.41) is 0. The summed E-state index contributed by atoms with van der Waals surface area (Å²) in [4.78, 5) is 13.6. The molecule has 0 saturated carbocycles. The molecule has 1 rings (SSSR count). The Morgan fingerprint density at radius 3 is 2.64 bits per heavy atom. The van der Waals surface area contributed by atoms with Crippen LogP contribution in [0.15, 0.2) is 3.92 Å². The molecule has 0 radical (unpaired) electrons. The zero-order valence-electron chi connectivity index (χ0n) is 5.05. The fraction of sp³-hybridized carbons (Fsp3) is 0.200. The smallest absolute Gasteiger partial charge is 0.281 e. The quantitative estimate of drug-likeness (QED) is 0.746. The van der Waals surface area contributed by atoms with Crippen molar-refractivity contribution in [3.05, 3.63) is 14.5 Å². The van der Waals surface area contributed by atoms with Gasteiger partial charge >= 0.3 is 0 Å². The number of carbonyl (C=O) groups is 1. The van der Waals surface area contributed by atoms with Gasteiger partial charge in [0.05, 0.1) is 4.88 Å². The molecule has 0 saturated heterocycles. The zero-order chi connectivity index (χ0) is 8.43. The van der Waals surface area contributed by atoms with E-state index in [9.17, 15) is 13.6 Å². The molecular formula is C5H2BrF2NOS. The monoisotopic (exact) mass is 241 g/mol. The lowest BCUT2D eigenvalue weighted by Gasteiger charge is -1.90. The van der Waals surface area contributed by atoms with Crippen LogP contribution in [0.25, 0.3) is 0 Å². The Kier molecular flexibility index (Phi) is 2.67. The molecule has 1 aromatic heterocycles. The summed E-state index contributed by atoms with van der Waals surface area (Å²) in [6.07, 6.45) is -2.30. The van der Waals surface area contributed by atoms with Gasteiger partial charge in [-0.25, -0.2) is 13.8 Å². The first kappa shape index (κ1) is 8.73. The highest BCUT2D eigenvalue weighted by Crippen LogP contribution is 2.28. The van der Waals surface area contributed by atoms with Crippen LogP contribution in [0.3, 0.4) is 0 Å². The lowest BCUT2D eigenvalue weighted by Crippen LogP contribution is -1.88. The minimum atomic E-state index is -2.68. The van der Waals surface area contributed by atoms with Gasteiger partial charge in [0.15, 0.2) is 10.2 Å². The van der Waals surface area contributed by atoms with Crippen molar-refractivity contribution in [1.29, 1.82) is 0 Å². The summed E-state index contributed by atoms with van der Waals surface area (Å²) < 4.78 is 24.3.